The summed E-state index contributed by atoms with van der Waals surface area (Å²) in [6.45, 7) is 0. The number of halogens is 5. The molecule has 1 aromatic heterocycles. The summed E-state index contributed by atoms with van der Waals surface area (Å²) < 4.78 is 69.1. The van der Waals surface area contributed by atoms with Gasteiger partial charge < -0.3 is 0 Å². The number of hydrogen-bond donors (Lipinski definition) is 1. The average Bonchev–Trinajstić information content (AvgIpc) is 2.68. The summed E-state index contributed by atoms with van der Waals surface area (Å²) in [5.74, 6) is -4.72. The largest absolute Gasteiger partial charge is 0.292 e. The Labute approximate surface area is 182 Å². The molecule has 1 atom stereocenters. The molecule has 156 valence electrons. The lowest BCUT2D eigenvalue weighted by atomic mass is 10.0. The molecule has 0 saturated carbocycles. The number of hydrogen-bond acceptors (Lipinski definition) is 5. The van der Waals surface area contributed by atoms with Crippen molar-refractivity contribution in [2.75, 3.05) is 4.72 Å². The summed E-state index contributed by atoms with van der Waals surface area (Å²) in [5.41, 5.74) is -0.997. The number of nitrogens with one attached hydrogen (secondary N) is 1. The summed E-state index contributed by atoms with van der Waals surface area (Å²) in [4.78, 5) is 17.8. The van der Waals surface area contributed by atoms with Gasteiger partial charge in [-0.05, 0) is 41.9 Å². The van der Waals surface area contributed by atoms with Crippen LogP contribution in [-0.2, 0) is 10.0 Å². The lowest BCUT2D eigenvalue weighted by Gasteiger charge is -2.13. The third-order valence-electron chi connectivity index (χ3n) is 3.83. The molecule has 30 heavy (non-hydrogen) atoms. The second kappa shape index (κ2) is 8.70. The van der Waals surface area contributed by atoms with E-state index in [1.807, 2.05) is 0 Å². The lowest BCUT2D eigenvalue weighted by molar-refractivity contribution is 0.0986. The molecule has 1 N–H and O–H groups in total. The van der Waals surface area contributed by atoms with Gasteiger partial charge in [0.15, 0.2) is 16.5 Å². The van der Waals surface area contributed by atoms with Crippen LogP contribution in [0.4, 0.5) is 18.9 Å². The van der Waals surface area contributed by atoms with Gasteiger partial charge in [0.2, 0.25) is 5.28 Å². The van der Waals surface area contributed by atoms with Gasteiger partial charge >= 0.3 is 0 Å². The summed E-state index contributed by atoms with van der Waals surface area (Å²) >= 11 is 8.78. The topological polar surface area (TPSA) is 89.0 Å². The molecule has 1 heterocycles. The van der Waals surface area contributed by atoms with E-state index in [0.29, 0.717) is 0 Å². The Morgan fingerprint density at radius 3 is 2.33 bits per heavy atom. The molecule has 0 bridgehead atoms. The Morgan fingerprint density at radius 2 is 1.70 bits per heavy atom. The van der Waals surface area contributed by atoms with Crippen LogP contribution in [0, 0.1) is 17.5 Å². The quantitative estimate of drug-likeness (QED) is 0.290. The van der Waals surface area contributed by atoms with E-state index in [2.05, 4.69) is 25.9 Å². The molecule has 2 aromatic carbocycles. The molecule has 3 aromatic rings. The van der Waals surface area contributed by atoms with Crippen molar-refractivity contribution in [1.82, 2.24) is 9.97 Å². The number of alkyl halides is 1. The summed E-state index contributed by atoms with van der Waals surface area (Å²) in [6.07, 6.45) is 1.30. The van der Waals surface area contributed by atoms with E-state index in [1.54, 1.807) is 4.72 Å². The molecule has 0 aliphatic carbocycles. The van der Waals surface area contributed by atoms with Crippen molar-refractivity contribution in [3.63, 3.8) is 0 Å². The first kappa shape index (κ1) is 22.2. The highest BCUT2D eigenvalue weighted by Gasteiger charge is 2.28. The van der Waals surface area contributed by atoms with Crippen LogP contribution in [0.25, 0.3) is 0 Å². The molecule has 3 rings (SSSR count). The first-order valence-electron chi connectivity index (χ1n) is 8.04. The van der Waals surface area contributed by atoms with Gasteiger partial charge in [-0.3, -0.25) is 9.52 Å². The van der Waals surface area contributed by atoms with Crippen LogP contribution < -0.4 is 4.72 Å². The minimum Gasteiger partial charge on any atom is -0.292 e. The average molecular weight is 521 g/mol. The predicted molar refractivity (Wildman–Crippen MR) is 107 cm³/mol. The molecule has 0 amide bonds. The van der Waals surface area contributed by atoms with Gasteiger partial charge in [-0.2, -0.15) is 0 Å². The zero-order chi connectivity index (χ0) is 22.1. The molecule has 12 heteroatoms. The number of ketones is 1. The third-order valence-corrected chi connectivity index (χ3v) is 6.32. The van der Waals surface area contributed by atoms with Crippen molar-refractivity contribution in [3.05, 3.63) is 82.7 Å². The zero-order valence-electron chi connectivity index (χ0n) is 14.6. The van der Waals surface area contributed by atoms with Crippen molar-refractivity contribution in [3.8, 4) is 0 Å². The molecule has 6 nitrogen and oxygen atoms in total. The van der Waals surface area contributed by atoms with Gasteiger partial charge in [-0.1, -0.05) is 28.1 Å². The number of Topliss-reactive ketones (excluding diaryl/α,β-unsaturated/α-hetero) is 1. The number of carbonyl (C=O) groups excluding carboxylic acids is 1. The van der Waals surface area contributed by atoms with E-state index >= 15 is 0 Å². The van der Waals surface area contributed by atoms with Gasteiger partial charge in [0.05, 0.1) is 16.9 Å². The van der Waals surface area contributed by atoms with E-state index in [0.717, 1.165) is 30.3 Å². The van der Waals surface area contributed by atoms with Crippen molar-refractivity contribution in [1.29, 1.82) is 0 Å². The Kier molecular flexibility index (Phi) is 6.44. The zero-order valence-corrected chi connectivity index (χ0v) is 17.8. The number of nitrogens with zero attached hydrogens (tertiary/aromatic N) is 2. The van der Waals surface area contributed by atoms with Crippen molar-refractivity contribution in [2.24, 2.45) is 0 Å². The van der Waals surface area contributed by atoms with Crippen molar-refractivity contribution >= 4 is 49.0 Å². The summed E-state index contributed by atoms with van der Waals surface area (Å²) in [6, 6.07) is 7.20. The molecule has 0 radical (unpaired) electrons. The fourth-order valence-corrected chi connectivity index (χ4v) is 4.35. The van der Waals surface area contributed by atoms with Crippen LogP contribution in [-0.4, -0.2) is 24.2 Å². The number of anilines is 1. The summed E-state index contributed by atoms with van der Waals surface area (Å²) in [5, 5.41) is -0.126. The van der Waals surface area contributed by atoms with Crippen LogP contribution in [0.3, 0.4) is 0 Å². The van der Waals surface area contributed by atoms with E-state index in [1.165, 1.54) is 18.3 Å². The number of aromatic nitrogens is 2. The van der Waals surface area contributed by atoms with Crippen LogP contribution in [0.2, 0.25) is 5.28 Å². The second-order valence-corrected chi connectivity index (χ2v) is 8.67. The number of sulfonamides is 1. The van der Waals surface area contributed by atoms with Crippen LogP contribution >= 0.6 is 27.5 Å². The van der Waals surface area contributed by atoms with Crippen LogP contribution in [0.5, 0.6) is 0 Å². The minimum atomic E-state index is -4.82. The monoisotopic (exact) mass is 519 g/mol. The molecule has 0 aliphatic heterocycles. The molecule has 0 fully saturated rings. The normalized spacial score (nSPS) is 12.4. The van der Waals surface area contributed by atoms with Crippen molar-refractivity contribution < 1.29 is 26.4 Å². The summed E-state index contributed by atoms with van der Waals surface area (Å²) in [7, 11) is -4.82. The fraction of sp³-hybridized carbons (Fsp3) is 0.0556. The SMILES string of the molecule is O=C(c1cccc(NS(=O)(=O)c2c(F)cccc2F)c1F)C(Br)c1ccnc(Cl)n1. The highest BCUT2D eigenvalue weighted by molar-refractivity contribution is 9.09. The van der Waals surface area contributed by atoms with Gasteiger partial charge in [-0.25, -0.2) is 31.6 Å². The first-order valence-corrected chi connectivity index (χ1v) is 10.8. The lowest BCUT2D eigenvalue weighted by Crippen LogP contribution is -2.18. The van der Waals surface area contributed by atoms with Crippen LogP contribution in [0.1, 0.15) is 20.9 Å². The molecular formula is C18H10BrClF3N3O3S. The Bertz CT molecular complexity index is 1220. The standard InChI is InChI=1S/C18H10BrClF3N3O3S/c19-14(12-7-8-24-18(20)25-12)16(27)9-3-1-6-13(15(9)23)26-30(28,29)17-10(21)4-2-5-11(17)22/h1-8,14,26H. The maximum atomic E-state index is 14.9. The predicted octanol–water partition coefficient (Wildman–Crippen LogP) is 4.67. The number of benzene rings is 2. The Balaban J connectivity index is 1.96. The van der Waals surface area contributed by atoms with Crippen LogP contribution in [0.15, 0.2) is 53.6 Å². The van der Waals surface area contributed by atoms with E-state index < -0.39 is 54.2 Å². The first-order chi connectivity index (χ1) is 14.1. The maximum Gasteiger partial charge on any atom is 0.267 e. The highest BCUT2D eigenvalue weighted by atomic mass is 79.9. The third kappa shape index (κ3) is 4.47. The van der Waals surface area contributed by atoms with Gasteiger partial charge in [-0.15, -0.1) is 0 Å². The van der Waals surface area contributed by atoms with E-state index in [-0.39, 0.29) is 11.0 Å². The molecule has 0 saturated heterocycles. The molecule has 1 unspecified atom stereocenters. The van der Waals surface area contributed by atoms with Gasteiger partial charge in [0.1, 0.15) is 16.5 Å². The second-order valence-electron chi connectivity index (χ2n) is 5.80. The number of rotatable bonds is 6. The van der Waals surface area contributed by atoms with Gasteiger partial charge in [0, 0.05) is 6.20 Å². The Morgan fingerprint density at radius 1 is 1.07 bits per heavy atom. The molecule has 0 spiro atoms. The number of carbonyl (C=O) groups is 1. The Hall–Kier alpha value is -2.50. The molecule has 0 aliphatic rings. The van der Waals surface area contributed by atoms with Crippen molar-refractivity contribution in [2.45, 2.75) is 9.72 Å². The molecular weight excluding hydrogens is 511 g/mol. The van der Waals surface area contributed by atoms with Gasteiger partial charge in [0.25, 0.3) is 10.0 Å². The minimum absolute atomic E-state index is 0.126. The fourth-order valence-electron chi connectivity index (χ4n) is 2.50. The van der Waals surface area contributed by atoms with E-state index in [9.17, 15) is 26.4 Å². The highest BCUT2D eigenvalue weighted by Crippen LogP contribution is 2.30. The van der Waals surface area contributed by atoms with E-state index in [4.69, 9.17) is 11.6 Å². The smallest absolute Gasteiger partial charge is 0.267 e. The maximum absolute atomic E-state index is 14.9.